The standard InChI is InChI=1S/C19H16Cl2F3NO3/c1-27-16-4-2-3-13(20)17(16)15-9-14(21)18(26)25(15)10-11-5-7-12(8-6-11)28-19(22,23)24/h2-8,14-15H,9-10H2,1H3. The van der Waals surface area contributed by atoms with E-state index in [0.29, 0.717) is 28.3 Å². The average molecular weight is 434 g/mol. The SMILES string of the molecule is COc1cccc(Cl)c1C1CC(Cl)C(=O)N1Cc1ccc(OC(F)(F)F)cc1. The summed E-state index contributed by atoms with van der Waals surface area (Å²) in [6, 6.07) is 10.1. The molecule has 28 heavy (non-hydrogen) atoms. The average Bonchev–Trinajstić information content (AvgIpc) is 2.90. The number of methoxy groups -OCH3 is 1. The Balaban J connectivity index is 1.86. The lowest BCUT2D eigenvalue weighted by Gasteiger charge is -2.27. The van der Waals surface area contributed by atoms with Crippen molar-refractivity contribution in [2.75, 3.05) is 7.11 Å². The van der Waals surface area contributed by atoms with E-state index in [2.05, 4.69) is 4.74 Å². The van der Waals surface area contributed by atoms with Crippen molar-refractivity contribution >= 4 is 29.1 Å². The molecule has 1 fully saturated rings. The molecule has 4 nitrogen and oxygen atoms in total. The molecule has 0 aromatic heterocycles. The number of amides is 1. The van der Waals surface area contributed by atoms with Crippen molar-refractivity contribution in [2.45, 2.75) is 30.7 Å². The van der Waals surface area contributed by atoms with Crippen LogP contribution in [0.15, 0.2) is 42.5 Å². The van der Waals surface area contributed by atoms with Crippen molar-refractivity contribution in [1.82, 2.24) is 4.90 Å². The number of benzene rings is 2. The molecule has 0 spiro atoms. The molecule has 1 saturated heterocycles. The highest BCUT2D eigenvalue weighted by molar-refractivity contribution is 6.32. The molecule has 1 amide bonds. The summed E-state index contributed by atoms with van der Waals surface area (Å²) < 4.78 is 46.1. The monoisotopic (exact) mass is 433 g/mol. The van der Waals surface area contributed by atoms with Crippen molar-refractivity contribution in [3.05, 3.63) is 58.6 Å². The van der Waals surface area contributed by atoms with E-state index in [9.17, 15) is 18.0 Å². The molecule has 1 heterocycles. The lowest BCUT2D eigenvalue weighted by Crippen LogP contribution is -2.29. The van der Waals surface area contributed by atoms with Crippen LogP contribution >= 0.6 is 23.2 Å². The van der Waals surface area contributed by atoms with Gasteiger partial charge in [0.05, 0.1) is 13.2 Å². The highest BCUT2D eigenvalue weighted by atomic mass is 35.5. The minimum absolute atomic E-state index is 0.160. The first-order valence-electron chi connectivity index (χ1n) is 8.31. The quantitative estimate of drug-likeness (QED) is 0.598. The van der Waals surface area contributed by atoms with Gasteiger partial charge in [-0.15, -0.1) is 24.8 Å². The van der Waals surface area contributed by atoms with Gasteiger partial charge in [-0.1, -0.05) is 29.8 Å². The Labute approximate surface area is 169 Å². The number of carbonyl (C=O) groups is 1. The molecule has 0 radical (unpaired) electrons. The van der Waals surface area contributed by atoms with E-state index in [-0.39, 0.29) is 18.2 Å². The fourth-order valence-corrected chi connectivity index (χ4v) is 3.82. The van der Waals surface area contributed by atoms with Crippen LogP contribution in [-0.2, 0) is 11.3 Å². The molecular formula is C19H16Cl2F3NO3. The molecule has 1 aliphatic rings. The minimum Gasteiger partial charge on any atom is -0.496 e. The summed E-state index contributed by atoms with van der Waals surface area (Å²) in [5.41, 5.74) is 1.28. The molecule has 2 atom stereocenters. The zero-order valence-corrected chi connectivity index (χ0v) is 16.2. The van der Waals surface area contributed by atoms with Crippen LogP contribution in [-0.4, -0.2) is 29.7 Å². The predicted molar refractivity (Wildman–Crippen MR) is 98.7 cm³/mol. The third kappa shape index (κ3) is 4.47. The Kier molecular flexibility index (Phi) is 5.95. The third-order valence-corrected chi connectivity index (χ3v) is 5.13. The number of hydrogen-bond acceptors (Lipinski definition) is 3. The second-order valence-corrected chi connectivity index (χ2v) is 7.17. The maximum absolute atomic E-state index is 12.6. The van der Waals surface area contributed by atoms with Gasteiger partial charge in [-0.2, -0.15) is 0 Å². The van der Waals surface area contributed by atoms with Crippen LogP contribution in [0.1, 0.15) is 23.6 Å². The van der Waals surface area contributed by atoms with Crippen molar-refractivity contribution in [2.24, 2.45) is 0 Å². The van der Waals surface area contributed by atoms with Gasteiger partial charge in [0.2, 0.25) is 5.91 Å². The van der Waals surface area contributed by atoms with Gasteiger partial charge in [-0.25, -0.2) is 0 Å². The number of ether oxygens (including phenoxy) is 2. The number of halogens is 5. The van der Waals surface area contributed by atoms with Crippen molar-refractivity contribution < 1.29 is 27.4 Å². The Morgan fingerprint density at radius 1 is 1.18 bits per heavy atom. The van der Waals surface area contributed by atoms with E-state index < -0.39 is 17.8 Å². The Morgan fingerprint density at radius 2 is 1.86 bits per heavy atom. The molecule has 0 saturated carbocycles. The molecule has 2 aromatic carbocycles. The molecular weight excluding hydrogens is 418 g/mol. The second kappa shape index (κ2) is 8.09. The van der Waals surface area contributed by atoms with Gasteiger partial charge in [-0.05, 0) is 36.2 Å². The van der Waals surface area contributed by atoms with E-state index in [1.165, 1.54) is 31.4 Å². The van der Waals surface area contributed by atoms with Crippen LogP contribution in [0.2, 0.25) is 5.02 Å². The molecule has 150 valence electrons. The van der Waals surface area contributed by atoms with E-state index >= 15 is 0 Å². The summed E-state index contributed by atoms with van der Waals surface area (Å²) in [5, 5.41) is -0.277. The number of hydrogen-bond donors (Lipinski definition) is 0. The van der Waals surface area contributed by atoms with E-state index in [0.717, 1.165) is 0 Å². The number of likely N-dealkylation sites (tertiary alicyclic amines) is 1. The van der Waals surface area contributed by atoms with Crippen molar-refractivity contribution in [3.63, 3.8) is 0 Å². The van der Waals surface area contributed by atoms with Gasteiger partial charge >= 0.3 is 6.36 Å². The van der Waals surface area contributed by atoms with Crippen LogP contribution in [0.25, 0.3) is 0 Å². The van der Waals surface area contributed by atoms with Crippen molar-refractivity contribution in [3.8, 4) is 11.5 Å². The normalized spacial score (nSPS) is 19.8. The smallest absolute Gasteiger partial charge is 0.496 e. The first kappa shape index (κ1) is 20.6. The molecule has 1 aliphatic heterocycles. The molecule has 3 rings (SSSR count). The predicted octanol–water partition coefficient (Wildman–Crippen LogP) is 5.33. The maximum Gasteiger partial charge on any atom is 0.573 e. The highest BCUT2D eigenvalue weighted by Gasteiger charge is 2.41. The Bertz CT molecular complexity index is 858. The molecule has 9 heteroatoms. The van der Waals surface area contributed by atoms with Gasteiger partial charge < -0.3 is 14.4 Å². The van der Waals surface area contributed by atoms with E-state index in [1.54, 1.807) is 23.1 Å². The fraction of sp³-hybridized carbons (Fsp3) is 0.316. The molecule has 0 aliphatic carbocycles. The summed E-state index contributed by atoms with van der Waals surface area (Å²) in [6.45, 7) is 0.160. The summed E-state index contributed by atoms with van der Waals surface area (Å²) in [6.07, 6.45) is -4.42. The number of rotatable bonds is 5. The summed E-state index contributed by atoms with van der Waals surface area (Å²) in [5.74, 6) is -0.0669. The van der Waals surface area contributed by atoms with Gasteiger partial charge in [-0.3, -0.25) is 4.79 Å². The van der Waals surface area contributed by atoms with Crippen LogP contribution in [0.5, 0.6) is 11.5 Å². The second-order valence-electron chi connectivity index (χ2n) is 6.23. The number of alkyl halides is 4. The highest BCUT2D eigenvalue weighted by Crippen LogP contribution is 2.43. The summed E-state index contributed by atoms with van der Waals surface area (Å²) in [4.78, 5) is 14.2. The summed E-state index contributed by atoms with van der Waals surface area (Å²) in [7, 11) is 1.51. The van der Waals surface area contributed by atoms with Gasteiger partial charge in [0, 0.05) is 17.1 Å². The summed E-state index contributed by atoms with van der Waals surface area (Å²) >= 11 is 12.5. The van der Waals surface area contributed by atoms with Crippen LogP contribution in [0, 0.1) is 0 Å². The van der Waals surface area contributed by atoms with E-state index in [1.807, 2.05) is 0 Å². The van der Waals surface area contributed by atoms with Gasteiger partial charge in [0.15, 0.2) is 0 Å². The topological polar surface area (TPSA) is 38.8 Å². The largest absolute Gasteiger partial charge is 0.573 e. The number of carbonyl (C=O) groups excluding carboxylic acids is 1. The lowest BCUT2D eigenvalue weighted by molar-refractivity contribution is -0.274. The number of nitrogens with zero attached hydrogens (tertiary/aromatic N) is 1. The fourth-order valence-electron chi connectivity index (χ4n) is 3.23. The van der Waals surface area contributed by atoms with Crippen LogP contribution < -0.4 is 9.47 Å². The Hall–Kier alpha value is -2.12. The van der Waals surface area contributed by atoms with Crippen LogP contribution in [0.4, 0.5) is 13.2 Å². The zero-order chi connectivity index (χ0) is 20.5. The minimum atomic E-state index is -4.76. The third-order valence-electron chi connectivity index (χ3n) is 4.43. The Morgan fingerprint density at radius 3 is 2.46 bits per heavy atom. The molecule has 2 unspecified atom stereocenters. The maximum atomic E-state index is 12.6. The van der Waals surface area contributed by atoms with Gasteiger partial charge in [0.1, 0.15) is 16.9 Å². The first-order chi connectivity index (χ1) is 13.2. The first-order valence-corrected chi connectivity index (χ1v) is 9.12. The zero-order valence-electron chi connectivity index (χ0n) is 14.7. The van der Waals surface area contributed by atoms with Crippen molar-refractivity contribution in [1.29, 1.82) is 0 Å². The van der Waals surface area contributed by atoms with E-state index in [4.69, 9.17) is 27.9 Å². The van der Waals surface area contributed by atoms with Crippen LogP contribution in [0.3, 0.4) is 0 Å². The molecule has 0 bridgehead atoms. The lowest BCUT2D eigenvalue weighted by atomic mass is 10.0. The van der Waals surface area contributed by atoms with Gasteiger partial charge in [0.25, 0.3) is 0 Å². The molecule has 0 N–H and O–H groups in total. The molecule has 2 aromatic rings.